The van der Waals surface area contributed by atoms with E-state index in [1.54, 1.807) is 25.3 Å². The van der Waals surface area contributed by atoms with E-state index in [4.69, 9.17) is 4.74 Å². The van der Waals surface area contributed by atoms with Crippen molar-refractivity contribution in [1.29, 1.82) is 0 Å². The van der Waals surface area contributed by atoms with E-state index in [9.17, 15) is 14.9 Å². The van der Waals surface area contributed by atoms with E-state index in [1.807, 2.05) is 24.3 Å². The Hall–Kier alpha value is -3.68. The zero-order valence-electron chi connectivity index (χ0n) is 17.3. The summed E-state index contributed by atoms with van der Waals surface area (Å²) in [7, 11) is 1.60. The molecule has 0 spiro atoms. The summed E-state index contributed by atoms with van der Waals surface area (Å²) in [6.45, 7) is 0. The highest BCUT2D eigenvalue weighted by Crippen LogP contribution is 2.26. The smallest absolute Gasteiger partial charge is 0.271 e. The van der Waals surface area contributed by atoms with Crippen LogP contribution in [0.15, 0.2) is 54.6 Å². The zero-order valence-corrected chi connectivity index (χ0v) is 17.3. The van der Waals surface area contributed by atoms with Crippen LogP contribution in [0, 0.1) is 10.1 Å². The van der Waals surface area contributed by atoms with Crippen molar-refractivity contribution in [2.24, 2.45) is 0 Å². The van der Waals surface area contributed by atoms with Gasteiger partial charge in [-0.15, -0.1) is 0 Å². The lowest BCUT2D eigenvalue weighted by Crippen LogP contribution is -2.37. The largest absolute Gasteiger partial charge is 0.497 e. The predicted molar refractivity (Wildman–Crippen MR) is 117 cm³/mol. The molecular formula is C23H24N4O4. The molecule has 0 saturated heterocycles. The number of methoxy groups -OCH3 is 1. The number of nitrogens with one attached hydrogen (secondary N) is 1. The van der Waals surface area contributed by atoms with E-state index in [-0.39, 0.29) is 17.6 Å². The fourth-order valence-electron chi connectivity index (χ4n) is 3.89. The number of nitro groups is 1. The van der Waals surface area contributed by atoms with Crippen LogP contribution in [0.3, 0.4) is 0 Å². The van der Waals surface area contributed by atoms with Gasteiger partial charge in [0, 0.05) is 23.7 Å². The first-order valence-electron chi connectivity index (χ1n) is 10.4. The molecule has 0 radical (unpaired) electrons. The number of amides is 1. The summed E-state index contributed by atoms with van der Waals surface area (Å²) >= 11 is 0. The molecule has 4 rings (SSSR count). The highest BCUT2D eigenvalue weighted by Gasteiger charge is 2.22. The second kappa shape index (κ2) is 8.99. The van der Waals surface area contributed by atoms with Crippen LogP contribution in [0.1, 0.15) is 42.6 Å². The number of ether oxygens (including phenoxy) is 1. The summed E-state index contributed by atoms with van der Waals surface area (Å²) in [6.07, 6.45) is 5.32. The number of hydrogen-bond acceptors (Lipinski definition) is 5. The molecule has 0 bridgehead atoms. The Kier molecular flexibility index (Phi) is 5.97. The van der Waals surface area contributed by atoms with Gasteiger partial charge in [0.2, 0.25) is 0 Å². The summed E-state index contributed by atoms with van der Waals surface area (Å²) in [5.41, 5.74) is 2.16. The lowest BCUT2D eigenvalue weighted by atomic mass is 9.95. The van der Waals surface area contributed by atoms with E-state index in [0.717, 1.165) is 37.0 Å². The second-order valence-electron chi connectivity index (χ2n) is 7.64. The lowest BCUT2D eigenvalue weighted by molar-refractivity contribution is -0.384. The molecule has 1 saturated carbocycles. The van der Waals surface area contributed by atoms with Gasteiger partial charge in [0.15, 0.2) is 0 Å². The number of benzene rings is 2. The lowest BCUT2D eigenvalue weighted by Gasteiger charge is -2.22. The van der Waals surface area contributed by atoms with Crippen LogP contribution in [0.4, 0.5) is 5.69 Å². The van der Waals surface area contributed by atoms with Crippen molar-refractivity contribution < 1.29 is 14.5 Å². The van der Waals surface area contributed by atoms with Gasteiger partial charge in [-0.1, -0.05) is 25.3 Å². The maximum atomic E-state index is 13.1. The molecule has 1 fully saturated rings. The van der Waals surface area contributed by atoms with Gasteiger partial charge in [-0.3, -0.25) is 14.9 Å². The number of nitrogens with zero attached hydrogens (tertiary/aromatic N) is 3. The number of rotatable bonds is 6. The van der Waals surface area contributed by atoms with Crippen molar-refractivity contribution in [2.45, 2.75) is 38.1 Å². The minimum atomic E-state index is -0.459. The average Bonchev–Trinajstić information content (AvgIpc) is 3.26. The molecule has 1 aliphatic carbocycles. The van der Waals surface area contributed by atoms with Crippen molar-refractivity contribution >= 4 is 11.6 Å². The Bertz CT molecular complexity index is 1090. The van der Waals surface area contributed by atoms with Gasteiger partial charge in [-0.05, 0) is 49.2 Å². The third-order valence-corrected chi connectivity index (χ3v) is 5.55. The summed E-state index contributed by atoms with van der Waals surface area (Å²) in [6, 6.07) is 15.4. The first kappa shape index (κ1) is 20.6. The van der Waals surface area contributed by atoms with Gasteiger partial charge in [-0.25, -0.2) is 4.68 Å². The molecule has 1 N–H and O–H groups in total. The van der Waals surface area contributed by atoms with E-state index >= 15 is 0 Å². The molecule has 0 aliphatic heterocycles. The van der Waals surface area contributed by atoms with E-state index in [2.05, 4.69) is 10.4 Å². The fourth-order valence-corrected chi connectivity index (χ4v) is 3.89. The van der Waals surface area contributed by atoms with E-state index in [1.165, 1.54) is 23.2 Å². The molecule has 1 aliphatic rings. The normalized spacial score (nSPS) is 14.2. The zero-order chi connectivity index (χ0) is 21.8. The minimum absolute atomic E-state index is 0.0577. The fraction of sp³-hybridized carbons (Fsp3) is 0.304. The van der Waals surface area contributed by atoms with Crippen LogP contribution in [0.5, 0.6) is 5.75 Å². The molecule has 1 heterocycles. The number of non-ortho nitro benzene ring substituents is 1. The van der Waals surface area contributed by atoms with Crippen molar-refractivity contribution in [3.8, 4) is 22.7 Å². The van der Waals surface area contributed by atoms with Gasteiger partial charge >= 0.3 is 0 Å². The molecule has 1 aromatic heterocycles. The molecule has 3 aromatic rings. The van der Waals surface area contributed by atoms with Crippen molar-refractivity contribution in [1.82, 2.24) is 15.1 Å². The Morgan fingerprint density at radius 2 is 1.87 bits per heavy atom. The van der Waals surface area contributed by atoms with Crippen LogP contribution >= 0.6 is 0 Å². The highest BCUT2D eigenvalue weighted by atomic mass is 16.6. The molecule has 8 nitrogen and oxygen atoms in total. The number of nitro benzene ring substituents is 1. The van der Waals surface area contributed by atoms with Crippen LogP contribution in [-0.4, -0.2) is 33.8 Å². The van der Waals surface area contributed by atoms with Crippen LogP contribution in [-0.2, 0) is 0 Å². The highest BCUT2D eigenvalue weighted by molar-refractivity contribution is 5.94. The number of hydrogen-bond donors (Lipinski definition) is 1. The Balaban J connectivity index is 1.73. The summed E-state index contributed by atoms with van der Waals surface area (Å²) < 4.78 is 6.69. The van der Waals surface area contributed by atoms with Crippen LogP contribution < -0.4 is 10.1 Å². The van der Waals surface area contributed by atoms with Gasteiger partial charge in [-0.2, -0.15) is 5.10 Å². The molecule has 8 heteroatoms. The van der Waals surface area contributed by atoms with Crippen LogP contribution in [0.2, 0.25) is 0 Å². The number of carbonyl (C=O) groups excluding carboxylic acids is 1. The van der Waals surface area contributed by atoms with Crippen molar-refractivity contribution in [3.05, 3.63) is 70.4 Å². The topological polar surface area (TPSA) is 99.3 Å². The van der Waals surface area contributed by atoms with Gasteiger partial charge in [0.1, 0.15) is 11.4 Å². The van der Waals surface area contributed by atoms with Crippen LogP contribution in [0.25, 0.3) is 16.9 Å². The first-order chi connectivity index (χ1) is 15.0. The quantitative estimate of drug-likeness (QED) is 0.467. The summed E-state index contributed by atoms with van der Waals surface area (Å²) in [4.78, 5) is 23.9. The van der Waals surface area contributed by atoms with Gasteiger partial charge < -0.3 is 10.1 Å². The standard InChI is InChI=1S/C23H24N4O4/c1-31-20-12-10-16(11-13-20)21-15-22(23(28)24-17-6-3-2-4-7-17)26(25-21)18-8-5-9-19(14-18)27(29)30/h5,8-15,17H,2-4,6-7H2,1H3,(H,24,28). The maximum absolute atomic E-state index is 13.1. The maximum Gasteiger partial charge on any atom is 0.271 e. The van der Waals surface area contributed by atoms with E-state index < -0.39 is 4.92 Å². The SMILES string of the molecule is COc1ccc(-c2cc(C(=O)NC3CCCCC3)n(-c3cccc([N+](=O)[O-])c3)n2)cc1. The van der Waals surface area contributed by atoms with Gasteiger partial charge in [0.25, 0.3) is 11.6 Å². The molecular weight excluding hydrogens is 396 g/mol. The monoisotopic (exact) mass is 420 g/mol. The van der Waals surface area contributed by atoms with Gasteiger partial charge in [0.05, 0.1) is 23.4 Å². The Morgan fingerprint density at radius 3 is 2.55 bits per heavy atom. The van der Waals surface area contributed by atoms with Crippen molar-refractivity contribution in [2.75, 3.05) is 7.11 Å². The molecule has 160 valence electrons. The first-order valence-corrected chi connectivity index (χ1v) is 10.4. The summed E-state index contributed by atoms with van der Waals surface area (Å²) in [5, 5.41) is 19.0. The Labute approximate surface area is 180 Å². The third-order valence-electron chi connectivity index (χ3n) is 5.55. The van der Waals surface area contributed by atoms with E-state index in [0.29, 0.717) is 17.1 Å². The predicted octanol–water partition coefficient (Wildman–Crippen LogP) is 4.52. The third kappa shape index (κ3) is 4.58. The Morgan fingerprint density at radius 1 is 1.13 bits per heavy atom. The van der Waals surface area contributed by atoms with Crippen molar-refractivity contribution in [3.63, 3.8) is 0 Å². The molecule has 31 heavy (non-hydrogen) atoms. The minimum Gasteiger partial charge on any atom is -0.497 e. The second-order valence-corrected chi connectivity index (χ2v) is 7.64. The molecule has 0 atom stereocenters. The molecule has 1 amide bonds. The average molecular weight is 420 g/mol. The number of carbonyl (C=O) groups is 1. The number of aromatic nitrogens is 2. The molecule has 0 unspecified atom stereocenters. The molecule has 2 aromatic carbocycles. The summed E-state index contributed by atoms with van der Waals surface area (Å²) in [5.74, 6) is 0.489.